The highest BCUT2D eigenvalue weighted by molar-refractivity contribution is 6.31. The van der Waals surface area contributed by atoms with Crippen LogP contribution in [0.2, 0.25) is 5.02 Å². The molecule has 5 nitrogen and oxygen atoms in total. The van der Waals surface area contributed by atoms with Crippen LogP contribution in [0, 0.1) is 5.82 Å². The molecule has 128 valence electrons. The van der Waals surface area contributed by atoms with Crippen LogP contribution in [0.3, 0.4) is 0 Å². The number of Topliss-reactive ketones (excluding diaryl/α,β-unsaturated/α-hetero) is 1. The van der Waals surface area contributed by atoms with Crippen molar-refractivity contribution in [1.29, 1.82) is 0 Å². The molecule has 0 aliphatic carbocycles. The lowest BCUT2D eigenvalue weighted by molar-refractivity contribution is 0.0445. The van der Waals surface area contributed by atoms with Crippen LogP contribution in [0.25, 0.3) is 11.0 Å². The van der Waals surface area contributed by atoms with Gasteiger partial charge in [-0.1, -0.05) is 11.6 Å². The summed E-state index contributed by atoms with van der Waals surface area (Å²) in [5.74, 6) is -1.86. The molecule has 3 rings (SSSR count). The van der Waals surface area contributed by atoms with Crippen LogP contribution >= 0.6 is 11.6 Å². The zero-order valence-electron chi connectivity index (χ0n) is 13.0. The van der Waals surface area contributed by atoms with Crippen LogP contribution < -0.4 is 4.74 Å². The van der Waals surface area contributed by atoms with E-state index in [1.165, 1.54) is 25.3 Å². The number of halogens is 2. The average Bonchev–Trinajstić information content (AvgIpc) is 3.02. The summed E-state index contributed by atoms with van der Waals surface area (Å²) in [5, 5.41) is 1.14. The molecule has 0 saturated carbocycles. The van der Waals surface area contributed by atoms with Crippen LogP contribution in [0.1, 0.15) is 20.9 Å². The van der Waals surface area contributed by atoms with Crippen LogP contribution in [0.4, 0.5) is 4.39 Å². The number of ketones is 1. The van der Waals surface area contributed by atoms with Gasteiger partial charge in [-0.3, -0.25) is 4.79 Å². The second kappa shape index (κ2) is 6.94. The molecule has 3 aromatic rings. The van der Waals surface area contributed by atoms with Crippen molar-refractivity contribution in [2.75, 3.05) is 13.7 Å². The molecule has 0 unspecified atom stereocenters. The van der Waals surface area contributed by atoms with E-state index in [1.807, 2.05) is 0 Å². The zero-order valence-corrected chi connectivity index (χ0v) is 13.8. The topological polar surface area (TPSA) is 65.7 Å². The van der Waals surface area contributed by atoms with E-state index < -0.39 is 24.2 Å². The monoisotopic (exact) mass is 362 g/mol. The lowest BCUT2D eigenvalue weighted by Crippen LogP contribution is -2.15. The van der Waals surface area contributed by atoms with E-state index >= 15 is 0 Å². The van der Waals surface area contributed by atoms with Gasteiger partial charge in [0, 0.05) is 10.4 Å². The molecule has 0 spiro atoms. The largest absolute Gasteiger partial charge is 0.496 e. The van der Waals surface area contributed by atoms with Crippen molar-refractivity contribution in [3.63, 3.8) is 0 Å². The third kappa shape index (κ3) is 3.64. The van der Waals surface area contributed by atoms with Crippen molar-refractivity contribution in [2.24, 2.45) is 0 Å². The maximum absolute atomic E-state index is 13.3. The summed E-state index contributed by atoms with van der Waals surface area (Å²) in [7, 11) is 1.36. The molecule has 0 aliphatic rings. The van der Waals surface area contributed by atoms with Gasteiger partial charge in [-0.05, 0) is 42.5 Å². The first kappa shape index (κ1) is 17.0. The molecular formula is C18H12ClFO5. The van der Waals surface area contributed by atoms with E-state index in [9.17, 15) is 14.0 Å². The number of rotatable bonds is 5. The Morgan fingerprint density at radius 3 is 2.72 bits per heavy atom. The van der Waals surface area contributed by atoms with Gasteiger partial charge >= 0.3 is 5.97 Å². The molecule has 2 aromatic carbocycles. The standard InChI is InChI=1S/C18H12ClFO5/c1-23-16-5-3-12(20)8-13(16)14(21)9-24-18(22)17-7-10-6-11(19)2-4-15(10)25-17/h2-8H,9H2,1H3. The predicted octanol–water partition coefficient (Wildman–Crippen LogP) is 4.27. The molecule has 0 N–H and O–H groups in total. The fraction of sp³-hybridized carbons (Fsp3) is 0.111. The van der Waals surface area contributed by atoms with Gasteiger partial charge in [0.05, 0.1) is 12.7 Å². The number of ether oxygens (including phenoxy) is 2. The van der Waals surface area contributed by atoms with E-state index in [4.69, 9.17) is 25.5 Å². The quantitative estimate of drug-likeness (QED) is 0.501. The Bertz CT molecular complexity index is 963. The highest BCUT2D eigenvalue weighted by Gasteiger charge is 2.19. The molecular weight excluding hydrogens is 351 g/mol. The van der Waals surface area contributed by atoms with Gasteiger partial charge in [-0.25, -0.2) is 9.18 Å². The van der Waals surface area contributed by atoms with Crippen molar-refractivity contribution >= 4 is 34.3 Å². The Morgan fingerprint density at radius 2 is 1.96 bits per heavy atom. The Hall–Kier alpha value is -2.86. The highest BCUT2D eigenvalue weighted by atomic mass is 35.5. The number of hydrogen-bond donors (Lipinski definition) is 0. The number of carbonyl (C=O) groups excluding carboxylic acids is 2. The summed E-state index contributed by atoms with van der Waals surface area (Å²) in [4.78, 5) is 24.2. The maximum atomic E-state index is 13.3. The minimum atomic E-state index is -0.809. The Kier molecular flexibility index (Phi) is 4.72. The lowest BCUT2D eigenvalue weighted by atomic mass is 10.1. The lowest BCUT2D eigenvalue weighted by Gasteiger charge is -2.07. The molecule has 1 heterocycles. The molecule has 0 fully saturated rings. The van der Waals surface area contributed by atoms with Crippen molar-refractivity contribution < 1.29 is 27.9 Å². The molecule has 1 aromatic heterocycles. The van der Waals surface area contributed by atoms with Gasteiger partial charge in [0.15, 0.2) is 6.61 Å². The van der Waals surface area contributed by atoms with E-state index in [0.29, 0.717) is 16.0 Å². The summed E-state index contributed by atoms with van der Waals surface area (Å²) in [6.45, 7) is -0.573. The second-order valence-corrected chi connectivity index (χ2v) is 5.57. The van der Waals surface area contributed by atoms with Crippen molar-refractivity contribution in [3.8, 4) is 5.75 Å². The first-order valence-electron chi connectivity index (χ1n) is 7.21. The number of methoxy groups -OCH3 is 1. The first-order valence-corrected chi connectivity index (χ1v) is 7.58. The number of esters is 1. The minimum absolute atomic E-state index is 0.00770. The van der Waals surface area contributed by atoms with Crippen LogP contribution in [0.5, 0.6) is 5.75 Å². The molecule has 0 radical (unpaired) electrons. The predicted molar refractivity (Wildman–Crippen MR) is 88.8 cm³/mol. The molecule has 0 aliphatic heterocycles. The van der Waals surface area contributed by atoms with Gasteiger partial charge in [0.2, 0.25) is 11.5 Å². The fourth-order valence-electron chi connectivity index (χ4n) is 2.29. The second-order valence-electron chi connectivity index (χ2n) is 5.14. The van der Waals surface area contributed by atoms with Gasteiger partial charge in [0.25, 0.3) is 0 Å². The van der Waals surface area contributed by atoms with Crippen LogP contribution in [-0.2, 0) is 4.74 Å². The van der Waals surface area contributed by atoms with E-state index in [1.54, 1.807) is 18.2 Å². The van der Waals surface area contributed by atoms with Crippen molar-refractivity contribution in [1.82, 2.24) is 0 Å². The van der Waals surface area contributed by atoms with E-state index in [2.05, 4.69) is 0 Å². The van der Waals surface area contributed by atoms with Crippen LogP contribution in [0.15, 0.2) is 46.9 Å². The van der Waals surface area contributed by atoms with Gasteiger partial charge in [-0.2, -0.15) is 0 Å². The van der Waals surface area contributed by atoms with Gasteiger partial charge < -0.3 is 13.9 Å². The molecule has 0 amide bonds. The average molecular weight is 363 g/mol. The highest BCUT2D eigenvalue weighted by Crippen LogP contribution is 2.24. The molecule has 0 atom stereocenters. The summed E-state index contributed by atoms with van der Waals surface area (Å²) < 4.78 is 28.6. The van der Waals surface area contributed by atoms with Gasteiger partial charge in [0.1, 0.15) is 17.1 Å². The van der Waals surface area contributed by atoms with Crippen molar-refractivity contribution in [2.45, 2.75) is 0 Å². The molecule has 0 bridgehead atoms. The van der Waals surface area contributed by atoms with Crippen molar-refractivity contribution in [3.05, 3.63) is 64.6 Å². The summed E-state index contributed by atoms with van der Waals surface area (Å²) in [6.07, 6.45) is 0. The number of furan rings is 1. The van der Waals surface area contributed by atoms with E-state index in [-0.39, 0.29) is 17.1 Å². The third-order valence-electron chi connectivity index (χ3n) is 3.48. The summed E-state index contributed by atoms with van der Waals surface area (Å²) >= 11 is 5.87. The van der Waals surface area contributed by atoms with E-state index in [0.717, 1.165) is 6.07 Å². The molecule has 25 heavy (non-hydrogen) atoms. The number of carbonyl (C=O) groups is 2. The number of fused-ring (bicyclic) bond motifs is 1. The summed E-state index contributed by atoms with van der Waals surface area (Å²) in [6, 6.07) is 9.88. The summed E-state index contributed by atoms with van der Waals surface area (Å²) in [5.41, 5.74) is 0.459. The SMILES string of the molecule is COc1ccc(F)cc1C(=O)COC(=O)c1cc2cc(Cl)ccc2o1. The Balaban J connectivity index is 1.73. The smallest absolute Gasteiger partial charge is 0.374 e. The van der Waals surface area contributed by atoms with Gasteiger partial charge in [-0.15, -0.1) is 0 Å². The number of hydrogen-bond acceptors (Lipinski definition) is 5. The third-order valence-corrected chi connectivity index (χ3v) is 3.71. The molecule has 0 saturated heterocycles. The Morgan fingerprint density at radius 1 is 1.16 bits per heavy atom. The Labute approximate surface area is 146 Å². The fourth-order valence-corrected chi connectivity index (χ4v) is 2.47. The number of benzene rings is 2. The maximum Gasteiger partial charge on any atom is 0.374 e. The molecule has 7 heteroatoms. The van der Waals surface area contributed by atoms with Crippen LogP contribution in [-0.4, -0.2) is 25.5 Å². The minimum Gasteiger partial charge on any atom is -0.496 e. The normalized spacial score (nSPS) is 10.7. The zero-order chi connectivity index (χ0) is 18.0. The first-order chi connectivity index (χ1) is 12.0.